The summed E-state index contributed by atoms with van der Waals surface area (Å²) in [6, 6.07) is 9.26. The van der Waals surface area contributed by atoms with Gasteiger partial charge in [-0.2, -0.15) is 0 Å². The Morgan fingerprint density at radius 3 is 2.52 bits per heavy atom. The Kier molecular flexibility index (Phi) is 5.59. The third kappa shape index (κ3) is 5.00. The number of amides is 1. The van der Waals surface area contributed by atoms with Crippen LogP contribution in [0.15, 0.2) is 34.7 Å². The maximum Gasteiger partial charge on any atom is 0.305 e. The maximum absolute atomic E-state index is 11.8. The lowest BCUT2D eigenvalue weighted by Crippen LogP contribution is -2.45. The van der Waals surface area contributed by atoms with E-state index in [2.05, 4.69) is 22.2 Å². The van der Waals surface area contributed by atoms with Gasteiger partial charge in [0.25, 0.3) is 0 Å². The molecule has 0 aliphatic carbocycles. The molecule has 1 aromatic carbocycles. The molecule has 3 N–H and O–H groups in total. The average Bonchev–Trinajstić information content (AvgIpc) is 2.98. The van der Waals surface area contributed by atoms with E-state index in [1.165, 1.54) is 0 Å². The molecule has 0 saturated heterocycles. The number of hydrazine groups is 1. The van der Waals surface area contributed by atoms with E-state index in [1.54, 1.807) is 19.2 Å². The number of carbonyl (C=O) groups excluding carboxylic acids is 1. The monoisotopic (exact) mass is 333 g/mol. The van der Waals surface area contributed by atoms with Crippen LogP contribution >= 0.6 is 12.2 Å². The van der Waals surface area contributed by atoms with Crippen LogP contribution in [-0.2, 0) is 6.61 Å². The second-order valence-electron chi connectivity index (χ2n) is 5.04. The fraction of sp³-hybridized carbons (Fsp3) is 0.250. The van der Waals surface area contributed by atoms with Crippen LogP contribution in [-0.4, -0.2) is 18.1 Å². The molecule has 0 spiro atoms. The van der Waals surface area contributed by atoms with Gasteiger partial charge in [0.2, 0.25) is 0 Å². The summed E-state index contributed by atoms with van der Waals surface area (Å²) in [5.41, 5.74) is 7.23. The lowest BCUT2D eigenvalue weighted by Gasteiger charge is -2.07. The van der Waals surface area contributed by atoms with E-state index < -0.39 is 5.91 Å². The molecule has 2 rings (SSSR count). The Bertz CT molecular complexity index is 692. The van der Waals surface area contributed by atoms with Crippen molar-refractivity contribution in [3.05, 3.63) is 53.0 Å². The molecule has 0 bridgehead atoms. The van der Waals surface area contributed by atoms with Gasteiger partial charge in [0.15, 0.2) is 10.9 Å². The fourth-order valence-electron chi connectivity index (χ4n) is 1.99. The molecular formula is C16H19N3O3S. The standard InChI is InChI=1S/C16H19N3O3S/c1-10-6-11(2)8-13(7-10)21-9-12-4-5-14(22-12)15(20)18-19-16(23)17-3/h4-8H,9H2,1-3H3,(H,18,20)(H2,17,19,23). The van der Waals surface area contributed by atoms with Crippen molar-refractivity contribution >= 4 is 23.2 Å². The summed E-state index contributed by atoms with van der Waals surface area (Å²) >= 11 is 4.86. The summed E-state index contributed by atoms with van der Waals surface area (Å²) < 4.78 is 11.1. The Hall–Kier alpha value is -2.54. The van der Waals surface area contributed by atoms with Crippen molar-refractivity contribution in [3.63, 3.8) is 0 Å². The van der Waals surface area contributed by atoms with E-state index in [1.807, 2.05) is 26.0 Å². The van der Waals surface area contributed by atoms with Crippen molar-refractivity contribution in [3.8, 4) is 5.75 Å². The van der Waals surface area contributed by atoms with Crippen molar-refractivity contribution in [1.29, 1.82) is 0 Å². The van der Waals surface area contributed by atoms with Crippen molar-refractivity contribution in [1.82, 2.24) is 16.2 Å². The third-order valence-electron chi connectivity index (χ3n) is 2.98. The van der Waals surface area contributed by atoms with Crippen LogP contribution < -0.4 is 20.9 Å². The first-order valence-corrected chi connectivity index (χ1v) is 7.46. The smallest absolute Gasteiger partial charge is 0.305 e. The first kappa shape index (κ1) is 16.8. The minimum absolute atomic E-state index is 0.176. The first-order chi connectivity index (χ1) is 11.0. The van der Waals surface area contributed by atoms with E-state index in [0.29, 0.717) is 10.9 Å². The van der Waals surface area contributed by atoms with Gasteiger partial charge in [0.05, 0.1) is 0 Å². The van der Waals surface area contributed by atoms with Gasteiger partial charge >= 0.3 is 5.91 Å². The topological polar surface area (TPSA) is 75.5 Å². The maximum atomic E-state index is 11.8. The third-order valence-corrected chi connectivity index (χ3v) is 3.28. The number of ether oxygens (including phenoxy) is 1. The van der Waals surface area contributed by atoms with Gasteiger partial charge in [-0.05, 0) is 61.5 Å². The van der Waals surface area contributed by atoms with Gasteiger partial charge < -0.3 is 14.5 Å². The molecule has 0 aliphatic heterocycles. The highest BCUT2D eigenvalue weighted by molar-refractivity contribution is 7.80. The number of benzene rings is 1. The Morgan fingerprint density at radius 2 is 1.87 bits per heavy atom. The second-order valence-corrected chi connectivity index (χ2v) is 5.44. The van der Waals surface area contributed by atoms with Crippen molar-refractivity contribution in [2.45, 2.75) is 20.5 Å². The molecule has 0 saturated carbocycles. The minimum Gasteiger partial charge on any atom is -0.486 e. The molecule has 0 atom stereocenters. The fourth-order valence-corrected chi connectivity index (χ4v) is 2.04. The number of aryl methyl sites for hydroxylation is 2. The molecular weight excluding hydrogens is 314 g/mol. The normalized spacial score (nSPS) is 10.0. The minimum atomic E-state index is -0.416. The predicted molar refractivity (Wildman–Crippen MR) is 91.2 cm³/mol. The summed E-state index contributed by atoms with van der Waals surface area (Å²) in [5.74, 6) is 1.09. The number of thiocarbonyl (C=S) groups is 1. The molecule has 0 unspecified atom stereocenters. The van der Waals surface area contributed by atoms with E-state index in [4.69, 9.17) is 21.4 Å². The molecule has 1 amide bonds. The predicted octanol–water partition coefficient (Wildman–Crippen LogP) is 2.21. The Labute approximate surface area is 140 Å². The van der Waals surface area contributed by atoms with Gasteiger partial charge in [-0.25, -0.2) is 0 Å². The Morgan fingerprint density at radius 1 is 1.17 bits per heavy atom. The second kappa shape index (κ2) is 7.64. The number of hydrogen-bond acceptors (Lipinski definition) is 4. The average molecular weight is 333 g/mol. The van der Waals surface area contributed by atoms with E-state index >= 15 is 0 Å². The van der Waals surface area contributed by atoms with Crippen LogP contribution in [0.25, 0.3) is 0 Å². The molecule has 0 aliphatic rings. The summed E-state index contributed by atoms with van der Waals surface area (Å²) in [6.45, 7) is 4.27. The number of hydrogen-bond donors (Lipinski definition) is 3. The zero-order chi connectivity index (χ0) is 16.8. The van der Waals surface area contributed by atoms with Crippen LogP contribution in [0.1, 0.15) is 27.4 Å². The lowest BCUT2D eigenvalue weighted by molar-refractivity contribution is 0.0911. The highest BCUT2D eigenvalue weighted by Gasteiger charge is 2.11. The van der Waals surface area contributed by atoms with Crippen LogP contribution in [0.3, 0.4) is 0 Å². The van der Waals surface area contributed by atoms with Gasteiger partial charge in [-0.15, -0.1) is 0 Å². The highest BCUT2D eigenvalue weighted by atomic mass is 32.1. The zero-order valence-electron chi connectivity index (χ0n) is 13.2. The molecule has 122 valence electrons. The Balaban J connectivity index is 1.91. The van der Waals surface area contributed by atoms with Crippen molar-refractivity contribution < 1.29 is 13.9 Å². The van der Waals surface area contributed by atoms with Gasteiger partial charge in [0, 0.05) is 7.05 Å². The molecule has 23 heavy (non-hydrogen) atoms. The number of rotatable bonds is 4. The van der Waals surface area contributed by atoms with Crippen LogP contribution in [0.5, 0.6) is 5.75 Å². The molecule has 1 heterocycles. The van der Waals surface area contributed by atoms with Crippen LogP contribution in [0, 0.1) is 13.8 Å². The summed E-state index contributed by atoms with van der Waals surface area (Å²) in [4.78, 5) is 11.8. The number of carbonyl (C=O) groups is 1. The lowest BCUT2D eigenvalue weighted by atomic mass is 10.1. The summed E-state index contributed by atoms with van der Waals surface area (Å²) in [5, 5.41) is 2.99. The summed E-state index contributed by atoms with van der Waals surface area (Å²) in [6.07, 6.45) is 0. The summed E-state index contributed by atoms with van der Waals surface area (Å²) in [7, 11) is 1.65. The molecule has 2 aromatic rings. The highest BCUT2D eigenvalue weighted by Crippen LogP contribution is 2.18. The molecule has 0 radical (unpaired) electrons. The van der Waals surface area contributed by atoms with Crippen LogP contribution in [0.2, 0.25) is 0 Å². The van der Waals surface area contributed by atoms with E-state index in [-0.39, 0.29) is 12.4 Å². The molecule has 0 fully saturated rings. The quantitative estimate of drug-likeness (QED) is 0.588. The van der Waals surface area contributed by atoms with Gasteiger partial charge in [-0.3, -0.25) is 15.6 Å². The van der Waals surface area contributed by atoms with E-state index in [9.17, 15) is 4.79 Å². The van der Waals surface area contributed by atoms with Crippen molar-refractivity contribution in [2.75, 3.05) is 7.05 Å². The zero-order valence-corrected chi connectivity index (χ0v) is 14.0. The number of nitrogens with one attached hydrogen (secondary N) is 3. The van der Waals surface area contributed by atoms with Gasteiger partial charge in [-0.1, -0.05) is 6.07 Å². The van der Waals surface area contributed by atoms with Crippen LogP contribution in [0.4, 0.5) is 0 Å². The molecule has 6 nitrogen and oxygen atoms in total. The van der Waals surface area contributed by atoms with Gasteiger partial charge in [0.1, 0.15) is 18.1 Å². The van der Waals surface area contributed by atoms with E-state index in [0.717, 1.165) is 16.9 Å². The molecule has 7 heteroatoms. The SMILES string of the molecule is CNC(=S)NNC(=O)c1ccc(COc2cc(C)cc(C)c2)o1. The first-order valence-electron chi connectivity index (χ1n) is 7.06. The number of furan rings is 1. The largest absolute Gasteiger partial charge is 0.486 e. The van der Waals surface area contributed by atoms with Crippen molar-refractivity contribution in [2.24, 2.45) is 0 Å². The molecule has 1 aromatic heterocycles.